The van der Waals surface area contributed by atoms with E-state index < -0.39 is 22.2 Å². The molecule has 0 bridgehead atoms. The topological polar surface area (TPSA) is 111 Å². The van der Waals surface area contributed by atoms with E-state index in [1.54, 1.807) is 42.9 Å². The molecule has 0 amide bonds. The van der Waals surface area contributed by atoms with Gasteiger partial charge in [0.05, 0.1) is 7.11 Å². The van der Waals surface area contributed by atoms with E-state index in [2.05, 4.69) is 14.7 Å². The second-order valence-electron chi connectivity index (χ2n) is 9.58. The van der Waals surface area contributed by atoms with E-state index in [-0.39, 0.29) is 18.5 Å². The first kappa shape index (κ1) is 27.0. The molecule has 4 rings (SSSR count). The fourth-order valence-electron chi connectivity index (χ4n) is 4.90. The van der Waals surface area contributed by atoms with Gasteiger partial charge in [0.25, 0.3) is 10.2 Å². The molecule has 1 aliphatic rings. The van der Waals surface area contributed by atoms with Gasteiger partial charge in [-0.1, -0.05) is 31.4 Å². The minimum Gasteiger partial charge on any atom is -0.468 e. The maximum Gasteiger partial charge on any atom is 0.324 e. The number of nitrogens with zero attached hydrogens (tertiary/aromatic N) is 3. The van der Waals surface area contributed by atoms with Gasteiger partial charge in [-0.2, -0.15) is 17.4 Å². The van der Waals surface area contributed by atoms with Crippen LogP contribution in [0.3, 0.4) is 0 Å². The second kappa shape index (κ2) is 12.0. The Morgan fingerprint density at radius 2 is 1.81 bits per heavy atom. The lowest BCUT2D eigenvalue weighted by atomic mass is 9.95. The molecule has 1 aliphatic carbocycles. The largest absolute Gasteiger partial charge is 0.468 e. The van der Waals surface area contributed by atoms with Gasteiger partial charge < -0.3 is 9.47 Å². The number of hydrogen-bond donors (Lipinski definition) is 1. The van der Waals surface area contributed by atoms with Crippen molar-refractivity contribution in [2.75, 3.05) is 7.11 Å². The molecule has 0 aliphatic heterocycles. The van der Waals surface area contributed by atoms with Gasteiger partial charge in [-0.25, -0.2) is 4.98 Å². The van der Waals surface area contributed by atoms with Crippen LogP contribution in [0.2, 0.25) is 0 Å². The molecule has 10 heteroatoms. The quantitative estimate of drug-likeness (QED) is 0.390. The van der Waals surface area contributed by atoms with Crippen molar-refractivity contribution >= 4 is 27.0 Å². The number of nitrogens with one attached hydrogen (secondary N) is 1. The third-order valence-corrected chi connectivity index (χ3v) is 8.46. The van der Waals surface area contributed by atoms with Crippen LogP contribution in [0.25, 0.3) is 10.8 Å². The van der Waals surface area contributed by atoms with E-state index in [1.807, 2.05) is 26.0 Å². The van der Waals surface area contributed by atoms with Crippen LogP contribution in [0.4, 0.5) is 0 Å². The lowest BCUT2D eigenvalue weighted by Gasteiger charge is -2.36. The number of methoxy groups -OCH3 is 1. The molecule has 37 heavy (non-hydrogen) atoms. The molecule has 0 unspecified atom stereocenters. The number of esters is 1. The summed E-state index contributed by atoms with van der Waals surface area (Å²) >= 11 is 0. The molecule has 1 atom stereocenters. The van der Waals surface area contributed by atoms with Crippen LogP contribution in [-0.4, -0.2) is 53.9 Å². The Balaban J connectivity index is 1.49. The zero-order chi connectivity index (χ0) is 26.4. The lowest BCUT2D eigenvalue weighted by molar-refractivity contribution is -0.142. The van der Waals surface area contributed by atoms with Crippen LogP contribution in [-0.2, 0) is 26.2 Å². The number of benzene rings is 1. The van der Waals surface area contributed by atoms with Crippen molar-refractivity contribution in [3.8, 4) is 11.6 Å². The second-order valence-corrected chi connectivity index (χ2v) is 11.2. The third kappa shape index (κ3) is 6.63. The molecule has 2 heterocycles. The fourth-order valence-corrected chi connectivity index (χ4v) is 6.72. The minimum absolute atomic E-state index is 0.0700. The predicted molar refractivity (Wildman–Crippen MR) is 141 cm³/mol. The van der Waals surface area contributed by atoms with Gasteiger partial charge in [-0.3, -0.25) is 9.78 Å². The van der Waals surface area contributed by atoms with Crippen molar-refractivity contribution in [1.29, 1.82) is 0 Å². The summed E-state index contributed by atoms with van der Waals surface area (Å²) in [6, 6.07) is 9.48. The molecule has 0 saturated heterocycles. The van der Waals surface area contributed by atoms with Gasteiger partial charge in [0.2, 0.25) is 5.88 Å². The minimum atomic E-state index is -3.92. The van der Waals surface area contributed by atoms with Gasteiger partial charge in [0.1, 0.15) is 11.8 Å². The maximum atomic E-state index is 13.4. The Morgan fingerprint density at radius 3 is 2.49 bits per heavy atom. The number of carbonyl (C=O) groups excluding carboxylic acids is 1. The molecule has 1 N–H and O–H groups in total. The summed E-state index contributed by atoms with van der Waals surface area (Å²) in [6.45, 7) is 3.72. The number of aromatic nitrogens is 2. The number of fused-ring (bicyclic) bond motifs is 1. The zero-order valence-corrected chi connectivity index (χ0v) is 22.3. The van der Waals surface area contributed by atoms with Crippen molar-refractivity contribution in [2.45, 2.75) is 70.5 Å². The van der Waals surface area contributed by atoms with Crippen LogP contribution in [0.15, 0.2) is 55.0 Å². The lowest BCUT2D eigenvalue weighted by Crippen LogP contribution is -2.55. The molecule has 9 nitrogen and oxygen atoms in total. The molecule has 0 spiro atoms. The smallest absolute Gasteiger partial charge is 0.324 e. The van der Waals surface area contributed by atoms with Gasteiger partial charge in [0, 0.05) is 41.4 Å². The van der Waals surface area contributed by atoms with Crippen molar-refractivity contribution in [3.05, 3.63) is 60.6 Å². The molecule has 1 saturated carbocycles. The van der Waals surface area contributed by atoms with Gasteiger partial charge in [0.15, 0.2) is 0 Å². The Morgan fingerprint density at radius 1 is 1.08 bits per heavy atom. The summed E-state index contributed by atoms with van der Waals surface area (Å²) in [5.74, 6) is 0.396. The average molecular weight is 527 g/mol. The van der Waals surface area contributed by atoms with Crippen LogP contribution in [0, 0.1) is 0 Å². The van der Waals surface area contributed by atoms with E-state index in [4.69, 9.17) is 9.47 Å². The Hall–Kier alpha value is -3.08. The maximum absolute atomic E-state index is 13.4. The molecular formula is C27H34N4O5S. The van der Waals surface area contributed by atoms with Crippen LogP contribution < -0.4 is 9.46 Å². The Kier molecular flexibility index (Phi) is 8.73. The summed E-state index contributed by atoms with van der Waals surface area (Å²) < 4.78 is 41.9. The molecule has 1 fully saturated rings. The molecule has 3 aromatic rings. The molecule has 0 radical (unpaired) electrons. The van der Waals surface area contributed by atoms with E-state index in [0.717, 1.165) is 48.4 Å². The van der Waals surface area contributed by atoms with Gasteiger partial charge >= 0.3 is 5.97 Å². The van der Waals surface area contributed by atoms with Crippen molar-refractivity contribution in [3.63, 3.8) is 0 Å². The monoisotopic (exact) mass is 526 g/mol. The van der Waals surface area contributed by atoms with Gasteiger partial charge in [-0.05, 0) is 62.9 Å². The first-order valence-corrected chi connectivity index (χ1v) is 14.1. The number of carbonyl (C=O) groups is 1. The highest BCUT2D eigenvalue weighted by Gasteiger charge is 2.36. The van der Waals surface area contributed by atoms with E-state index in [0.29, 0.717) is 11.6 Å². The van der Waals surface area contributed by atoms with E-state index in [9.17, 15) is 13.2 Å². The normalized spacial score (nSPS) is 15.7. The summed E-state index contributed by atoms with van der Waals surface area (Å²) in [7, 11) is -2.66. The fraction of sp³-hybridized carbons (Fsp3) is 0.444. The number of rotatable bonds is 10. The molecule has 198 valence electrons. The van der Waals surface area contributed by atoms with Gasteiger partial charge in [-0.15, -0.1) is 0 Å². The third-order valence-electron chi connectivity index (χ3n) is 6.60. The van der Waals surface area contributed by atoms with Crippen molar-refractivity contribution < 1.29 is 22.7 Å². The number of ether oxygens (including phenoxy) is 2. The Bertz CT molecular complexity index is 1300. The number of pyridine rings is 2. The molecular weight excluding hydrogens is 492 g/mol. The summed E-state index contributed by atoms with van der Waals surface area (Å²) in [4.78, 5) is 21.0. The van der Waals surface area contributed by atoms with Crippen molar-refractivity contribution in [2.24, 2.45) is 0 Å². The first-order valence-electron chi connectivity index (χ1n) is 12.6. The van der Waals surface area contributed by atoms with E-state index >= 15 is 0 Å². The molecule has 1 aromatic carbocycles. The highest BCUT2D eigenvalue weighted by molar-refractivity contribution is 7.87. The standard InChI is InChI=1S/C27H34N4O5S/c1-19(2)31(22-7-5-4-6-8-22)37(33,34)30-25(27(32)35-3)17-20-9-11-23(12-10-20)36-26-24-14-15-28-18-21(24)13-16-29-26/h9-16,18-19,22,25,30H,4-8,17H2,1-3H3/t25-/m0/s1. The zero-order valence-electron chi connectivity index (χ0n) is 21.5. The molecule has 2 aromatic heterocycles. The SMILES string of the molecule is COC(=O)[C@H](Cc1ccc(Oc2nccc3cnccc23)cc1)NS(=O)(=O)N(C(C)C)C1CCCCC1. The van der Waals surface area contributed by atoms with E-state index in [1.165, 1.54) is 11.4 Å². The highest BCUT2D eigenvalue weighted by atomic mass is 32.2. The summed E-state index contributed by atoms with van der Waals surface area (Å²) in [5, 5.41) is 1.76. The average Bonchev–Trinajstić information content (AvgIpc) is 2.89. The first-order chi connectivity index (χ1) is 17.8. The Labute approximate surface area is 218 Å². The van der Waals surface area contributed by atoms with Crippen LogP contribution in [0.1, 0.15) is 51.5 Å². The van der Waals surface area contributed by atoms with Crippen LogP contribution in [0.5, 0.6) is 11.6 Å². The van der Waals surface area contributed by atoms with Crippen molar-refractivity contribution in [1.82, 2.24) is 19.0 Å². The summed E-state index contributed by atoms with van der Waals surface area (Å²) in [6.07, 6.45) is 10.0. The predicted octanol–water partition coefficient (Wildman–Crippen LogP) is 4.38. The number of hydrogen-bond acceptors (Lipinski definition) is 7. The highest BCUT2D eigenvalue weighted by Crippen LogP contribution is 2.28. The van der Waals surface area contributed by atoms with Crippen LogP contribution >= 0.6 is 0 Å². The summed E-state index contributed by atoms with van der Waals surface area (Å²) in [5.41, 5.74) is 0.759.